The Morgan fingerprint density at radius 3 is 2.54 bits per heavy atom. The number of aromatic amines is 1. The Morgan fingerprint density at radius 2 is 1.77 bits per heavy atom. The lowest BCUT2D eigenvalue weighted by molar-refractivity contribution is -0.123. The molecule has 3 N–H and O–H groups in total. The Labute approximate surface area is 235 Å². The minimum atomic E-state index is -0.983. The molecular formula is C28H25Cl2N5O4. The summed E-state index contributed by atoms with van der Waals surface area (Å²) in [4.78, 5) is 32.3. The SMILES string of the molecule is O=C(N[C@@H](Cc1cnc[nH]1)C(=O)N/N=C\c1cc(Cl)ccc1OCc1cccc(Cl)c1)OCc1ccccc1. The van der Waals surface area contributed by atoms with Gasteiger partial charge in [0.05, 0.1) is 12.5 Å². The first-order valence-corrected chi connectivity index (χ1v) is 12.7. The van der Waals surface area contributed by atoms with Gasteiger partial charge in [-0.25, -0.2) is 15.2 Å². The molecule has 0 aliphatic rings. The first kappa shape index (κ1) is 27.7. The van der Waals surface area contributed by atoms with Crippen LogP contribution in [-0.2, 0) is 29.2 Å². The van der Waals surface area contributed by atoms with Gasteiger partial charge in [-0.05, 0) is 41.5 Å². The molecule has 0 bridgehead atoms. The first-order chi connectivity index (χ1) is 19.0. The van der Waals surface area contributed by atoms with Crippen LogP contribution in [0.1, 0.15) is 22.4 Å². The van der Waals surface area contributed by atoms with Gasteiger partial charge in [0.15, 0.2) is 0 Å². The molecular weight excluding hydrogens is 541 g/mol. The first-order valence-electron chi connectivity index (χ1n) is 11.9. The second-order valence-corrected chi connectivity index (χ2v) is 9.25. The van der Waals surface area contributed by atoms with E-state index in [0.29, 0.717) is 27.1 Å². The van der Waals surface area contributed by atoms with Gasteiger partial charge >= 0.3 is 6.09 Å². The quantitative estimate of drug-likeness (QED) is 0.169. The zero-order valence-corrected chi connectivity index (χ0v) is 22.2. The van der Waals surface area contributed by atoms with E-state index in [1.165, 1.54) is 12.5 Å². The normalized spacial score (nSPS) is 11.6. The number of nitrogens with zero attached hydrogens (tertiary/aromatic N) is 2. The van der Waals surface area contributed by atoms with Gasteiger partial charge in [-0.1, -0.05) is 65.7 Å². The number of halogens is 2. The third-order valence-corrected chi connectivity index (χ3v) is 5.90. The third kappa shape index (κ3) is 8.87. The molecule has 0 aliphatic carbocycles. The van der Waals surface area contributed by atoms with Crippen LogP contribution in [0.15, 0.2) is 90.4 Å². The molecule has 1 heterocycles. The molecule has 1 aromatic heterocycles. The Hall–Kier alpha value is -4.34. The van der Waals surface area contributed by atoms with Crippen molar-refractivity contribution in [2.24, 2.45) is 5.10 Å². The summed E-state index contributed by atoms with van der Waals surface area (Å²) in [6, 6.07) is 20.6. The number of aromatic nitrogens is 2. The number of hydrazone groups is 1. The van der Waals surface area contributed by atoms with Crippen LogP contribution in [0.4, 0.5) is 4.79 Å². The van der Waals surface area contributed by atoms with Crippen LogP contribution in [-0.4, -0.2) is 34.2 Å². The molecule has 1 atom stereocenters. The summed E-state index contributed by atoms with van der Waals surface area (Å²) in [6.07, 6.45) is 3.87. The maximum atomic E-state index is 13.0. The standard InChI is InChI=1S/C28H25Cl2N5O4/c29-22-8-4-7-20(11-22)17-38-26-10-9-23(30)12-21(26)14-33-35-27(36)25(13-24-15-31-18-32-24)34-28(37)39-16-19-5-2-1-3-6-19/h1-12,14-15,18,25H,13,16-17H2,(H,31,32)(H,34,37)(H,35,36)/b33-14-/t25-/m0/s1. The molecule has 2 amide bonds. The fourth-order valence-corrected chi connectivity index (χ4v) is 3.91. The zero-order chi connectivity index (χ0) is 27.5. The van der Waals surface area contributed by atoms with Gasteiger partial charge in [0.2, 0.25) is 0 Å². The van der Waals surface area contributed by atoms with Gasteiger partial charge in [0.25, 0.3) is 5.91 Å². The van der Waals surface area contributed by atoms with Gasteiger partial charge in [-0.15, -0.1) is 0 Å². The Balaban J connectivity index is 1.39. The molecule has 0 aliphatic heterocycles. The van der Waals surface area contributed by atoms with Crippen molar-refractivity contribution in [1.29, 1.82) is 0 Å². The monoisotopic (exact) mass is 565 g/mol. The summed E-state index contributed by atoms with van der Waals surface area (Å²) < 4.78 is 11.2. The number of H-pyrrole nitrogens is 1. The summed E-state index contributed by atoms with van der Waals surface area (Å²) in [5, 5.41) is 7.73. The van der Waals surface area contributed by atoms with Crippen LogP contribution in [0.3, 0.4) is 0 Å². The molecule has 4 rings (SSSR count). The van der Waals surface area contributed by atoms with E-state index in [-0.39, 0.29) is 19.6 Å². The summed E-state index contributed by atoms with van der Waals surface area (Å²) >= 11 is 12.2. The molecule has 0 saturated heterocycles. The molecule has 0 spiro atoms. The summed E-state index contributed by atoms with van der Waals surface area (Å²) in [7, 11) is 0. The molecule has 9 nitrogen and oxygen atoms in total. The molecule has 39 heavy (non-hydrogen) atoms. The van der Waals surface area contributed by atoms with E-state index in [9.17, 15) is 9.59 Å². The largest absolute Gasteiger partial charge is 0.488 e. The number of hydrogen-bond acceptors (Lipinski definition) is 6. The number of alkyl carbamates (subject to hydrolysis) is 1. The number of carbonyl (C=O) groups is 2. The highest BCUT2D eigenvalue weighted by Gasteiger charge is 2.22. The minimum Gasteiger partial charge on any atom is -0.488 e. The van der Waals surface area contributed by atoms with Crippen molar-refractivity contribution < 1.29 is 19.1 Å². The summed E-state index contributed by atoms with van der Waals surface area (Å²) in [5.74, 6) is -0.0464. The van der Waals surface area contributed by atoms with Crippen LogP contribution in [0.25, 0.3) is 0 Å². The Kier molecular flexibility index (Phi) is 9.93. The van der Waals surface area contributed by atoms with E-state index in [1.54, 1.807) is 30.5 Å². The average Bonchev–Trinajstić information content (AvgIpc) is 3.45. The number of benzene rings is 3. The lowest BCUT2D eigenvalue weighted by atomic mass is 10.1. The van der Waals surface area contributed by atoms with Gasteiger partial charge in [-0.3, -0.25) is 4.79 Å². The van der Waals surface area contributed by atoms with Crippen LogP contribution >= 0.6 is 23.2 Å². The van der Waals surface area contributed by atoms with Gasteiger partial charge in [0.1, 0.15) is 25.0 Å². The van der Waals surface area contributed by atoms with Crippen LogP contribution in [0.2, 0.25) is 10.0 Å². The molecule has 11 heteroatoms. The molecule has 0 radical (unpaired) electrons. The van der Waals surface area contributed by atoms with Crippen LogP contribution in [0.5, 0.6) is 5.75 Å². The number of imidazole rings is 1. The van der Waals surface area contributed by atoms with E-state index in [2.05, 4.69) is 25.8 Å². The minimum absolute atomic E-state index is 0.0654. The van der Waals surface area contributed by atoms with Gasteiger partial charge in [0, 0.05) is 33.9 Å². The van der Waals surface area contributed by atoms with E-state index < -0.39 is 18.0 Å². The average molecular weight is 566 g/mol. The molecule has 0 fully saturated rings. The van der Waals surface area contributed by atoms with Crippen molar-refractivity contribution in [3.05, 3.63) is 118 Å². The Bertz CT molecular complexity index is 1410. The summed E-state index contributed by atoms with van der Waals surface area (Å²) in [5.41, 5.74) is 5.36. The number of ether oxygens (including phenoxy) is 2. The number of nitrogens with one attached hydrogen (secondary N) is 3. The predicted molar refractivity (Wildman–Crippen MR) is 149 cm³/mol. The Morgan fingerprint density at radius 1 is 0.974 bits per heavy atom. The van der Waals surface area contributed by atoms with E-state index in [1.807, 2.05) is 48.5 Å². The highest BCUT2D eigenvalue weighted by atomic mass is 35.5. The molecule has 4 aromatic rings. The second-order valence-electron chi connectivity index (χ2n) is 8.37. The number of amides is 2. The lowest BCUT2D eigenvalue weighted by Gasteiger charge is -2.16. The fourth-order valence-electron chi connectivity index (χ4n) is 3.52. The molecule has 200 valence electrons. The van der Waals surface area contributed by atoms with E-state index in [0.717, 1.165) is 11.1 Å². The van der Waals surface area contributed by atoms with Crippen molar-refractivity contribution in [3.63, 3.8) is 0 Å². The third-order valence-electron chi connectivity index (χ3n) is 5.43. The lowest BCUT2D eigenvalue weighted by Crippen LogP contribution is -2.47. The van der Waals surface area contributed by atoms with Crippen molar-refractivity contribution in [2.75, 3.05) is 0 Å². The number of carbonyl (C=O) groups excluding carboxylic acids is 2. The van der Waals surface area contributed by atoms with Crippen molar-refractivity contribution >= 4 is 41.4 Å². The molecule has 0 unspecified atom stereocenters. The number of hydrogen-bond donors (Lipinski definition) is 3. The maximum Gasteiger partial charge on any atom is 0.408 e. The van der Waals surface area contributed by atoms with Crippen molar-refractivity contribution in [3.8, 4) is 5.75 Å². The van der Waals surface area contributed by atoms with Crippen molar-refractivity contribution in [1.82, 2.24) is 20.7 Å². The molecule has 3 aromatic carbocycles. The second kappa shape index (κ2) is 14.0. The van der Waals surface area contributed by atoms with E-state index in [4.69, 9.17) is 32.7 Å². The molecule has 0 saturated carbocycles. The van der Waals surface area contributed by atoms with Gasteiger partial charge in [-0.2, -0.15) is 5.10 Å². The predicted octanol–water partition coefficient (Wildman–Crippen LogP) is 5.28. The zero-order valence-electron chi connectivity index (χ0n) is 20.6. The summed E-state index contributed by atoms with van der Waals surface area (Å²) in [6.45, 7) is 0.340. The fraction of sp³-hybridized carbons (Fsp3) is 0.143. The number of rotatable bonds is 11. The highest BCUT2D eigenvalue weighted by Crippen LogP contribution is 2.23. The van der Waals surface area contributed by atoms with Crippen molar-refractivity contribution in [2.45, 2.75) is 25.7 Å². The smallest absolute Gasteiger partial charge is 0.408 e. The van der Waals surface area contributed by atoms with Gasteiger partial charge < -0.3 is 19.8 Å². The van der Waals surface area contributed by atoms with Crippen LogP contribution in [0, 0.1) is 0 Å². The topological polar surface area (TPSA) is 118 Å². The van der Waals surface area contributed by atoms with E-state index >= 15 is 0 Å². The maximum absolute atomic E-state index is 13.0. The highest BCUT2D eigenvalue weighted by molar-refractivity contribution is 6.31. The van der Waals surface area contributed by atoms with Crippen LogP contribution < -0.4 is 15.5 Å².